The second-order valence-electron chi connectivity index (χ2n) is 10.8. The van der Waals surface area contributed by atoms with Gasteiger partial charge in [0.05, 0.1) is 0 Å². The Morgan fingerprint density at radius 1 is 0.553 bits per heavy atom. The molecule has 0 fully saturated rings. The highest BCUT2D eigenvalue weighted by atomic mass is 16.5. The summed E-state index contributed by atoms with van der Waals surface area (Å²) in [6.45, 7) is 0. The van der Waals surface area contributed by atoms with Crippen LogP contribution in [0.3, 0.4) is 0 Å². The second-order valence-corrected chi connectivity index (χ2v) is 10.8. The Bertz CT molecular complexity index is 698. The van der Waals surface area contributed by atoms with Gasteiger partial charge in [-0.2, -0.15) is 0 Å². The molecule has 0 aliphatic carbocycles. The summed E-state index contributed by atoms with van der Waals surface area (Å²) in [7, 11) is 0. The lowest BCUT2D eigenvalue weighted by atomic mass is 10.0. The molecule has 0 atom stereocenters. The molecule has 4 nitrogen and oxygen atoms in total. The minimum atomic E-state index is -0.660. The first-order valence-corrected chi connectivity index (χ1v) is 15.8. The van der Waals surface area contributed by atoms with Crippen molar-refractivity contribution in [3.05, 3.63) is 42.5 Å². The maximum Gasteiger partial charge on any atom is 0.335 e. The van der Waals surface area contributed by atoms with E-state index in [-0.39, 0.29) is 5.97 Å². The van der Waals surface area contributed by atoms with E-state index in [0.717, 1.165) is 25.7 Å². The van der Waals surface area contributed by atoms with Crippen LogP contribution in [0.15, 0.2) is 42.5 Å². The zero-order valence-electron chi connectivity index (χ0n) is 24.2. The summed E-state index contributed by atoms with van der Waals surface area (Å²) in [5, 5.41) is 8.62. The van der Waals surface area contributed by atoms with Crippen LogP contribution in [0.1, 0.15) is 154 Å². The van der Waals surface area contributed by atoms with Gasteiger partial charge in [0, 0.05) is 12.5 Å². The fourth-order valence-electron chi connectivity index (χ4n) is 4.89. The number of carbonyl (C=O) groups excluding carboxylic acids is 1. The highest BCUT2D eigenvalue weighted by Gasteiger charge is 1.99. The fraction of sp³-hybridized carbons (Fsp3) is 0.706. The number of unbranched alkanes of at least 4 members (excludes halogenated alkanes) is 22. The molecular weight excluding hydrogens is 472 g/mol. The van der Waals surface area contributed by atoms with Crippen molar-refractivity contribution in [3.63, 3.8) is 0 Å². The van der Waals surface area contributed by atoms with Crippen LogP contribution in [0.2, 0.25) is 0 Å². The van der Waals surface area contributed by atoms with Crippen molar-refractivity contribution in [1.29, 1.82) is 0 Å². The lowest BCUT2D eigenvalue weighted by Gasteiger charge is -2.04. The Balaban J connectivity index is 1.70. The molecule has 1 rings (SSSR count). The molecular formula is C34H56O4. The van der Waals surface area contributed by atoms with Crippen molar-refractivity contribution in [2.24, 2.45) is 0 Å². The Morgan fingerprint density at radius 2 is 0.921 bits per heavy atom. The molecule has 0 saturated heterocycles. The number of hydrogen-bond donors (Lipinski definition) is 1. The van der Waals surface area contributed by atoms with Crippen LogP contribution >= 0.6 is 0 Å². The molecule has 0 aliphatic heterocycles. The number of para-hydroxylation sites is 1. The number of aliphatic carboxylic acids is 1. The second kappa shape index (κ2) is 26.5. The van der Waals surface area contributed by atoms with Crippen LogP contribution in [0.25, 0.3) is 0 Å². The third-order valence-corrected chi connectivity index (χ3v) is 7.23. The highest BCUT2D eigenvalue weighted by molar-refractivity contribution is 5.83. The third-order valence-electron chi connectivity index (χ3n) is 7.23. The predicted octanol–water partition coefficient (Wildman–Crippen LogP) is 10.6. The average molecular weight is 529 g/mol. The van der Waals surface area contributed by atoms with Gasteiger partial charge in [0.1, 0.15) is 5.75 Å². The summed E-state index contributed by atoms with van der Waals surface area (Å²) in [4.78, 5) is 22.2. The van der Waals surface area contributed by atoms with Crippen molar-refractivity contribution in [2.45, 2.75) is 154 Å². The minimum absolute atomic E-state index is 0.293. The largest absolute Gasteiger partial charge is 0.481 e. The number of allylic oxidation sites excluding steroid dienone is 1. The topological polar surface area (TPSA) is 63.6 Å². The molecule has 0 saturated carbocycles. The van der Waals surface area contributed by atoms with Crippen LogP contribution in [-0.2, 0) is 9.59 Å². The number of hydrogen-bond acceptors (Lipinski definition) is 3. The van der Waals surface area contributed by atoms with Crippen molar-refractivity contribution >= 4 is 11.9 Å². The number of carbonyl (C=O) groups is 2. The normalized spacial score (nSPS) is 11.3. The van der Waals surface area contributed by atoms with E-state index in [1.165, 1.54) is 122 Å². The van der Waals surface area contributed by atoms with E-state index in [4.69, 9.17) is 9.84 Å². The Morgan fingerprint density at radius 3 is 1.32 bits per heavy atom. The molecule has 0 radical (unpaired) electrons. The van der Waals surface area contributed by atoms with Crippen LogP contribution in [-0.4, -0.2) is 17.0 Å². The van der Waals surface area contributed by atoms with Gasteiger partial charge in [-0.3, -0.25) is 4.79 Å². The molecule has 216 valence electrons. The quantitative estimate of drug-likeness (QED) is 0.0534. The fourth-order valence-corrected chi connectivity index (χ4v) is 4.89. The molecule has 0 bridgehead atoms. The maximum atomic E-state index is 11.7. The Labute approximate surface area is 233 Å². The van der Waals surface area contributed by atoms with E-state index in [2.05, 4.69) is 0 Å². The third kappa shape index (κ3) is 24.2. The van der Waals surface area contributed by atoms with Crippen molar-refractivity contribution < 1.29 is 19.4 Å². The van der Waals surface area contributed by atoms with Gasteiger partial charge in [0.15, 0.2) is 0 Å². The minimum Gasteiger partial charge on any atom is -0.481 e. The first kappa shape index (κ1) is 33.9. The number of benzene rings is 1. The molecule has 0 heterocycles. The zero-order chi connectivity index (χ0) is 27.4. The Hall–Kier alpha value is -2.10. The van der Waals surface area contributed by atoms with Gasteiger partial charge in [0.2, 0.25) is 0 Å². The number of carboxylic acid groups (broad SMARTS) is 1. The van der Waals surface area contributed by atoms with E-state index in [9.17, 15) is 9.59 Å². The first-order chi connectivity index (χ1) is 18.7. The van der Waals surface area contributed by atoms with Crippen LogP contribution in [0.4, 0.5) is 0 Å². The monoisotopic (exact) mass is 528 g/mol. The molecule has 0 aliphatic rings. The summed E-state index contributed by atoms with van der Waals surface area (Å²) in [6, 6.07) is 9.20. The molecule has 38 heavy (non-hydrogen) atoms. The first-order valence-electron chi connectivity index (χ1n) is 15.8. The van der Waals surface area contributed by atoms with Crippen molar-refractivity contribution in [3.8, 4) is 5.75 Å². The molecule has 4 heteroatoms. The molecule has 1 aromatic rings. The molecule has 1 N–H and O–H groups in total. The lowest BCUT2D eigenvalue weighted by Crippen LogP contribution is -2.03. The number of esters is 1. The van der Waals surface area contributed by atoms with Gasteiger partial charge in [-0.05, 0) is 31.4 Å². The highest BCUT2D eigenvalue weighted by Crippen LogP contribution is 2.16. The van der Waals surface area contributed by atoms with E-state index < -0.39 is 5.97 Å². The molecule has 0 spiro atoms. The van der Waals surface area contributed by atoms with Gasteiger partial charge in [-0.25, -0.2) is 4.79 Å². The zero-order valence-corrected chi connectivity index (χ0v) is 24.2. The van der Waals surface area contributed by atoms with Crippen molar-refractivity contribution in [1.82, 2.24) is 0 Å². The van der Waals surface area contributed by atoms with E-state index in [1.54, 1.807) is 18.2 Å². The molecule has 0 aromatic heterocycles. The maximum absolute atomic E-state index is 11.7. The SMILES string of the molecule is O=C(O)CCCCCCCCCCCCCCCCCCCCCCCCC=CC(=O)Oc1ccccc1. The Kier molecular flexibility index (Phi) is 23.7. The van der Waals surface area contributed by atoms with Crippen LogP contribution in [0, 0.1) is 0 Å². The van der Waals surface area contributed by atoms with Gasteiger partial charge in [-0.1, -0.05) is 153 Å². The number of rotatable bonds is 27. The van der Waals surface area contributed by atoms with Crippen LogP contribution < -0.4 is 4.74 Å². The van der Waals surface area contributed by atoms with E-state index in [1.807, 2.05) is 24.3 Å². The summed E-state index contributed by atoms with van der Waals surface area (Å²) in [5.41, 5.74) is 0. The van der Waals surface area contributed by atoms with E-state index >= 15 is 0 Å². The van der Waals surface area contributed by atoms with Gasteiger partial charge in [-0.15, -0.1) is 0 Å². The summed E-state index contributed by atoms with van der Waals surface area (Å²) >= 11 is 0. The summed E-state index contributed by atoms with van der Waals surface area (Å²) in [6.07, 6.45) is 33.6. The van der Waals surface area contributed by atoms with E-state index in [0.29, 0.717) is 12.2 Å². The standard InChI is InChI=1S/C34H56O4/c35-33(36)30-26-21-19-17-15-13-11-9-7-5-3-1-2-4-6-8-10-12-14-16-18-20-22-27-31-34(37)38-32-28-24-23-25-29-32/h23-25,27-29,31H,1-22,26,30H2,(H,35,36). The average Bonchev–Trinajstić information content (AvgIpc) is 2.91. The molecule has 0 unspecified atom stereocenters. The molecule has 0 amide bonds. The lowest BCUT2D eigenvalue weighted by molar-refractivity contribution is -0.137. The number of ether oxygens (including phenoxy) is 1. The van der Waals surface area contributed by atoms with Crippen molar-refractivity contribution in [2.75, 3.05) is 0 Å². The van der Waals surface area contributed by atoms with Gasteiger partial charge >= 0.3 is 11.9 Å². The summed E-state index contributed by atoms with van der Waals surface area (Å²) in [5.74, 6) is -0.360. The van der Waals surface area contributed by atoms with Gasteiger partial charge in [0.25, 0.3) is 0 Å². The van der Waals surface area contributed by atoms with Crippen LogP contribution in [0.5, 0.6) is 5.75 Å². The molecule has 1 aromatic carbocycles. The smallest absolute Gasteiger partial charge is 0.335 e. The predicted molar refractivity (Wildman–Crippen MR) is 160 cm³/mol. The number of carboxylic acids is 1. The van der Waals surface area contributed by atoms with Gasteiger partial charge < -0.3 is 9.84 Å². The summed E-state index contributed by atoms with van der Waals surface area (Å²) < 4.78 is 5.24.